The number of rotatable bonds is 3. The lowest BCUT2D eigenvalue weighted by Crippen LogP contribution is -2.46. The topological polar surface area (TPSA) is 47.1 Å². The molecular formula is C26H27BrN4O2. The van der Waals surface area contributed by atoms with Crippen molar-refractivity contribution in [3.8, 4) is 0 Å². The lowest BCUT2D eigenvalue weighted by atomic mass is 9.77. The summed E-state index contributed by atoms with van der Waals surface area (Å²) in [7, 11) is 1.98. The Kier molecular flexibility index (Phi) is 5.74. The highest BCUT2D eigenvalue weighted by Gasteiger charge is 2.49. The summed E-state index contributed by atoms with van der Waals surface area (Å²) >= 11 is 3.45. The number of nitrogens with zero attached hydrogens (tertiary/aromatic N) is 4. The molecule has 7 heteroatoms. The third-order valence-electron chi connectivity index (χ3n) is 7.00. The molecule has 3 aliphatic rings. The molecule has 2 aromatic rings. The summed E-state index contributed by atoms with van der Waals surface area (Å²) < 4.78 is 1.00. The lowest BCUT2D eigenvalue weighted by molar-refractivity contribution is -0.127. The zero-order chi connectivity index (χ0) is 23.0. The quantitative estimate of drug-likeness (QED) is 0.599. The van der Waals surface area contributed by atoms with Crippen LogP contribution in [0.25, 0.3) is 0 Å². The Morgan fingerprint density at radius 2 is 1.39 bits per heavy atom. The maximum atomic E-state index is 13.3. The fraction of sp³-hybridized carbons (Fsp3) is 0.308. The van der Waals surface area contributed by atoms with Crippen molar-refractivity contribution in [3.05, 3.63) is 83.4 Å². The van der Waals surface area contributed by atoms with Crippen LogP contribution in [0.2, 0.25) is 0 Å². The number of carbonyl (C=O) groups is 2. The van der Waals surface area contributed by atoms with E-state index >= 15 is 0 Å². The van der Waals surface area contributed by atoms with Gasteiger partial charge < -0.3 is 19.6 Å². The van der Waals surface area contributed by atoms with Gasteiger partial charge in [0, 0.05) is 72.9 Å². The van der Waals surface area contributed by atoms with E-state index in [1.54, 1.807) is 0 Å². The number of amides is 2. The maximum Gasteiger partial charge on any atom is 0.253 e. The highest BCUT2D eigenvalue weighted by atomic mass is 79.9. The molecule has 0 aromatic heterocycles. The third kappa shape index (κ3) is 4.17. The Hall–Kier alpha value is -3.06. The van der Waals surface area contributed by atoms with Crippen LogP contribution in [-0.4, -0.2) is 48.3 Å². The van der Waals surface area contributed by atoms with Crippen LogP contribution < -0.4 is 9.80 Å². The Balaban J connectivity index is 1.22. The standard InChI is InChI=1S/C26H27BrN4O2/c1-28-16-18-29(19-17-28)22-6-2-20(3-7-22)24(32)30-13-10-26(11-14-30)12-15-31(25(26)33)23-8-4-21(27)5-9-23/h2-9,16-19H,10-15H2,1H3. The van der Waals surface area contributed by atoms with E-state index in [2.05, 4.69) is 15.9 Å². The highest BCUT2D eigenvalue weighted by Crippen LogP contribution is 2.43. The Bertz CT molecular complexity index is 1090. The summed E-state index contributed by atoms with van der Waals surface area (Å²) in [6, 6.07) is 15.6. The molecule has 33 heavy (non-hydrogen) atoms. The molecule has 0 bridgehead atoms. The Labute approximate surface area is 202 Å². The van der Waals surface area contributed by atoms with Crippen LogP contribution in [0.15, 0.2) is 77.8 Å². The van der Waals surface area contributed by atoms with Crippen LogP contribution in [-0.2, 0) is 4.79 Å². The number of hydrogen-bond donors (Lipinski definition) is 0. The van der Waals surface area contributed by atoms with E-state index in [-0.39, 0.29) is 17.2 Å². The van der Waals surface area contributed by atoms with Crippen molar-refractivity contribution in [2.75, 3.05) is 36.5 Å². The van der Waals surface area contributed by atoms with Crippen molar-refractivity contribution in [1.82, 2.24) is 9.80 Å². The van der Waals surface area contributed by atoms with E-state index in [1.165, 1.54) is 0 Å². The second kappa shape index (κ2) is 8.71. The van der Waals surface area contributed by atoms with Gasteiger partial charge in [-0.25, -0.2) is 0 Å². The summed E-state index contributed by atoms with van der Waals surface area (Å²) in [6.45, 7) is 1.97. The molecular weight excluding hydrogens is 480 g/mol. The summed E-state index contributed by atoms with van der Waals surface area (Å²) in [5, 5.41) is 0. The summed E-state index contributed by atoms with van der Waals surface area (Å²) in [4.78, 5) is 34.2. The smallest absolute Gasteiger partial charge is 0.253 e. The summed E-state index contributed by atoms with van der Waals surface area (Å²) in [5.41, 5.74) is 2.30. The fourth-order valence-electron chi connectivity index (χ4n) is 4.87. The van der Waals surface area contributed by atoms with Gasteiger partial charge in [0.05, 0.1) is 5.41 Å². The molecule has 5 rings (SSSR count). The first-order valence-corrected chi connectivity index (χ1v) is 12.1. The SMILES string of the molecule is CN1C=CN(c2ccc(C(=O)N3CCC4(CC3)CCN(c3ccc(Br)cc3)C4=O)cc2)C=C1. The zero-order valence-corrected chi connectivity index (χ0v) is 20.2. The number of likely N-dealkylation sites (tertiary alicyclic amines) is 1. The van der Waals surface area contributed by atoms with Crippen LogP contribution in [0.1, 0.15) is 29.6 Å². The molecule has 0 atom stereocenters. The monoisotopic (exact) mass is 506 g/mol. The normalized spacial score (nSPS) is 19.6. The maximum absolute atomic E-state index is 13.3. The van der Waals surface area contributed by atoms with Gasteiger partial charge in [-0.1, -0.05) is 15.9 Å². The number of benzene rings is 2. The van der Waals surface area contributed by atoms with E-state index < -0.39 is 0 Å². The van der Waals surface area contributed by atoms with E-state index in [1.807, 2.05) is 100.0 Å². The molecule has 2 aromatic carbocycles. The van der Waals surface area contributed by atoms with Gasteiger partial charge in [-0.2, -0.15) is 0 Å². The molecule has 0 N–H and O–H groups in total. The van der Waals surface area contributed by atoms with Crippen LogP contribution in [0.5, 0.6) is 0 Å². The van der Waals surface area contributed by atoms with Gasteiger partial charge in [-0.15, -0.1) is 0 Å². The number of anilines is 2. The Morgan fingerprint density at radius 3 is 2.03 bits per heavy atom. The van der Waals surface area contributed by atoms with Gasteiger partial charge in [0.1, 0.15) is 0 Å². The third-order valence-corrected chi connectivity index (χ3v) is 7.52. The second-order valence-electron chi connectivity index (χ2n) is 8.97. The minimum Gasteiger partial charge on any atom is -0.354 e. The zero-order valence-electron chi connectivity index (χ0n) is 18.7. The van der Waals surface area contributed by atoms with E-state index in [0.29, 0.717) is 18.7 Å². The van der Waals surface area contributed by atoms with Gasteiger partial charge in [0.25, 0.3) is 5.91 Å². The van der Waals surface area contributed by atoms with Crippen molar-refractivity contribution in [1.29, 1.82) is 0 Å². The van der Waals surface area contributed by atoms with E-state index in [0.717, 1.165) is 41.7 Å². The van der Waals surface area contributed by atoms with Crippen LogP contribution in [0, 0.1) is 5.41 Å². The number of carbonyl (C=O) groups excluding carboxylic acids is 2. The average Bonchev–Trinajstić information content (AvgIpc) is 3.16. The summed E-state index contributed by atoms with van der Waals surface area (Å²) in [6.07, 6.45) is 10.2. The van der Waals surface area contributed by atoms with E-state index in [9.17, 15) is 9.59 Å². The van der Waals surface area contributed by atoms with Crippen molar-refractivity contribution in [3.63, 3.8) is 0 Å². The first-order valence-electron chi connectivity index (χ1n) is 11.3. The molecule has 6 nitrogen and oxygen atoms in total. The van der Waals surface area contributed by atoms with Crippen molar-refractivity contribution >= 4 is 39.1 Å². The number of hydrogen-bond acceptors (Lipinski definition) is 4. The van der Waals surface area contributed by atoms with Crippen LogP contribution in [0.4, 0.5) is 11.4 Å². The molecule has 2 fully saturated rings. The van der Waals surface area contributed by atoms with Gasteiger partial charge in [-0.3, -0.25) is 9.59 Å². The average molecular weight is 507 g/mol. The van der Waals surface area contributed by atoms with Gasteiger partial charge in [0.15, 0.2) is 0 Å². The molecule has 0 unspecified atom stereocenters. The minimum absolute atomic E-state index is 0.0380. The van der Waals surface area contributed by atoms with Crippen molar-refractivity contribution in [2.45, 2.75) is 19.3 Å². The molecule has 3 heterocycles. The van der Waals surface area contributed by atoms with E-state index in [4.69, 9.17) is 0 Å². The van der Waals surface area contributed by atoms with Crippen molar-refractivity contribution < 1.29 is 9.59 Å². The molecule has 3 aliphatic heterocycles. The fourth-order valence-corrected chi connectivity index (χ4v) is 5.14. The molecule has 0 radical (unpaired) electrons. The summed E-state index contributed by atoms with van der Waals surface area (Å²) in [5.74, 6) is 0.241. The first kappa shape index (κ1) is 21.8. The Morgan fingerprint density at radius 1 is 0.818 bits per heavy atom. The minimum atomic E-state index is -0.339. The highest BCUT2D eigenvalue weighted by molar-refractivity contribution is 9.10. The lowest BCUT2D eigenvalue weighted by Gasteiger charge is -2.38. The van der Waals surface area contributed by atoms with Crippen molar-refractivity contribution in [2.24, 2.45) is 5.41 Å². The predicted octanol–water partition coefficient (Wildman–Crippen LogP) is 4.80. The van der Waals surface area contributed by atoms with Gasteiger partial charge in [0.2, 0.25) is 5.91 Å². The molecule has 2 amide bonds. The number of halogens is 1. The molecule has 1 spiro atoms. The number of piperidine rings is 1. The second-order valence-corrected chi connectivity index (χ2v) is 9.89. The van der Waals surface area contributed by atoms with Gasteiger partial charge >= 0.3 is 0 Å². The van der Waals surface area contributed by atoms with Gasteiger partial charge in [-0.05, 0) is 67.8 Å². The first-order chi connectivity index (χ1) is 15.9. The van der Waals surface area contributed by atoms with Crippen LogP contribution >= 0.6 is 15.9 Å². The largest absolute Gasteiger partial charge is 0.354 e. The predicted molar refractivity (Wildman–Crippen MR) is 134 cm³/mol. The molecule has 0 saturated carbocycles. The molecule has 0 aliphatic carbocycles. The molecule has 2 saturated heterocycles. The molecule has 170 valence electrons. The van der Waals surface area contributed by atoms with Crippen LogP contribution in [0.3, 0.4) is 0 Å².